The van der Waals surface area contributed by atoms with Crippen molar-refractivity contribution in [1.29, 1.82) is 0 Å². The minimum absolute atomic E-state index is 0.334. The van der Waals surface area contributed by atoms with Crippen LogP contribution in [0.3, 0.4) is 0 Å². The molecule has 8 nitrogen and oxygen atoms in total. The minimum Gasteiger partial charge on any atom is -0.493 e. The first-order valence-electron chi connectivity index (χ1n) is 10.4. The van der Waals surface area contributed by atoms with Gasteiger partial charge in [0.05, 0.1) is 17.7 Å². The summed E-state index contributed by atoms with van der Waals surface area (Å²) in [6, 6.07) is 9.16. The van der Waals surface area contributed by atoms with Gasteiger partial charge in [0.25, 0.3) is 5.91 Å². The molecule has 164 valence electrons. The largest absolute Gasteiger partial charge is 0.493 e. The molecule has 0 saturated heterocycles. The number of carbonyl (C=O) groups excluding carboxylic acids is 2. The Morgan fingerprint density at radius 1 is 1.13 bits per heavy atom. The zero-order valence-electron chi connectivity index (χ0n) is 18.4. The van der Waals surface area contributed by atoms with Crippen LogP contribution >= 0.6 is 0 Å². The molecule has 0 aliphatic carbocycles. The molecule has 0 saturated carbocycles. The van der Waals surface area contributed by atoms with Crippen LogP contribution in [0.1, 0.15) is 40.4 Å². The van der Waals surface area contributed by atoms with E-state index in [1.165, 1.54) is 5.56 Å². The molecule has 0 fully saturated rings. The maximum atomic E-state index is 12.2. The fourth-order valence-electron chi connectivity index (χ4n) is 3.23. The van der Waals surface area contributed by atoms with E-state index in [2.05, 4.69) is 28.6 Å². The first-order chi connectivity index (χ1) is 14.9. The van der Waals surface area contributed by atoms with E-state index in [0.29, 0.717) is 37.2 Å². The number of hydrogen-bond donors (Lipinski definition) is 1. The highest BCUT2D eigenvalue weighted by Crippen LogP contribution is 2.23. The Morgan fingerprint density at radius 3 is 2.71 bits per heavy atom. The number of aryl methyl sites for hydroxylation is 3. The summed E-state index contributed by atoms with van der Waals surface area (Å²) in [4.78, 5) is 24.2. The number of esters is 1. The molecule has 8 heteroatoms. The lowest BCUT2D eigenvalue weighted by Crippen LogP contribution is -2.30. The number of nitrogens with zero attached hydrogens (tertiary/aromatic N) is 3. The van der Waals surface area contributed by atoms with Gasteiger partial charge in [-0.3, -0.25) is 4.79 Å². The molecule has 31 heavy (non-hydrogen) atoms. The van der Waals surface area contributed by atoms with Crippen molar-refractivity contribution < 1.29 is 19.1 Å². The van der Waals surface area contributed by atoms with E-state index in [-0.39, 0.29) is 12.5 Å². The van der Waals surface area contributed by atoms with Gasteiger partial charge in [0.2, 0.25) is 0 Å². The van der Waals surface area contributed by atoms with Crippen LogP contribution in [0.25, 0.3) is 11.0 Å². The van der Waals surface area contributed by atoms with Gasteiger partial charge in [0, 0.05) is 13.1 Å². The van der Waals surface area contributed by atoms with Crippen LogP contribution in [0.15, 0.2) is 30.3 Å². The van der Waals surface area contributed by atoms with Crippen molar-refractivity contribution in [2.24, 2.45) is 0 Å². The lowest BCUT2D eigenvalue weighted by molar-refractivity contribution is -0.124. The second-order valence-corrected chi connectivity index (χ2v) is 7.44. The number of aromatic nitrogens is 3. The molecule has 1 aromatic heterocycles. The molecule has 1 amide bonds. The van der Waals surface area contributed by atoms with Crippen molar-refractivity contribution >= 4 is 22.9 Å². The maximum Gasteiger partial charge on any atom is 0.338 e. The van der Waals surface area contributed by atoms with Crippen molar-refractivity contribution in [2.75, 3.05) is 19.8 Å². The smallest absolute Gasteiger partial charge is 0.338 e. The van der Waals surface area contributed by atoms with Crippen LogP contribution in [0.5, 0.6) is 5.75 Å². The van der Waals surface area contributed by atoms with Crippen LogP contribution in [-0.2, 0) is 16.1 Å². The average Bonchev–Trinajstić information content (AvgIpc) is 3.17. The van der Waals surface area contributed by atoms with Gasteiger partial charge in [0.1, 0.15) is 11.3 Å². The van der Waals surface area contributed by atoms with E-state index in [9.17, 15) is 9.59 Å². The van der Waals surface area contributed by atoms with E-state index in [1.807, 2.05) is 26.8 Å². The van der Waals surface area contributed by atoms with E-state index in [0.717, 1.165) is 22.4 Å². The maximum absolute atomic E-state index is 12.2. The summed E-state index contributed by atoms with van der Waals surface area (Å²) < 4.78 is 12.7. The molecule has 0 bridgehead atoms. The predicted octanol–water partition coefficient (Wildman–Crippen LogP) is 3.12. The van der Waals surface area contributed by atoms with Gasteiger partial charge in [-0.1, -0.05) is 11.3 Å². The highest BCUT2D eigenvalue weighted by molar-refractivity contribution is 5.94. The molecule has 0 radical (unpaired) electrons. The van der Waals surface area contributed by atoms with Gasteiger partial charge in [-0.25, -0.2) is 9.48 Å². The van der Waals surface area contributed by atoms with Gasteiger partial charge in [0.15, 0.2) is 6.61 Å². The quantitative estimate of drug-likeness (QED) is 0.419. The highest BCUT2D eigenvalue weighted by Gasteiger charge is 2.13. The molecule has 3 rings (SSSR count). The molecule has 0 aliphatic heterocycles. The van der Waals surface area contributed by atoms with Crippen molar-refractivity contribution in [1.82, 2.24) is 20.3 Å². The standard InChI is InChI=1S/C23H28N4O4/c1-5-27-20-8-7-18(13-19(20)25-26-27)23(29)31-14-22(28)24-9-6-10-30-21-12-15(2)11-16(3)17(21)4/h7-8,11-13H,5-6,9-10,14H2,1-4H3,(H,24,28). The third-order valence-corrected chi connectivity index (χ3v) is 5.05. The van der Waals surface area contributed by atoms with Crippen molar-refractivity contribution in [3.05, 3.63) is 52.6 Å². The number of hydrogen-bond acceptors (Lipinski definition) is 6. The highest BCUT2D eigenvalue weighted by atomic mass is 16.5. The third kappa shape index (κ3) is 5.59. The molecule has 0 aliphatic rings. The van der Waals surface area contributed by atoms with Crippen molar-refractivity contribution in [3.63, 3.8) is 0 Å². The molecule has 3 aromatic rings. The molecule has 2 aromatic carbocycles. The van der Waals surface area contributed by atoms with Gasteiger partial charge in [-0.15, -0.1) is 5.10 Å². The van der Waals surface area contributed by atoms with Gasteiger partial charge < -0.3 is 14.8 Å². The Kier molecular flexibility index (Phi) is 7.23. The number of nitrogens with one attached hydrogen (secondary N) is 1. The first kappa shape index (κ1) is 22.3. The molecule has 1 heterocycles. The average molecular weight is 425 g/mol. The second-order valence-electron chi connectivity index (χ2n) is 7.44. The topological polar surface area (TPSA) is 95.3 Å². The Balaban J connectivity index is 1.39. The molecule has 0 unspecified atom stereocenters. The summed E-state index contributed by atoms with van der Waals surface area (Å²) >= 11 is 0. The molecule has 0 spiro atoms. The van der Waals surface area contributed by atoms with E-state index < -0.39 is 5.97 Å². The zero-order valence-corrected chi connectivity index (χ0v) is 18.4. The Hall–Kier alpha value is -3.42. The molecular formula is C23H28N4O4. The summed E-state index contributed by atoms with van der Waals surface area (Å²) in [5, 5.41) is 10.8. The fraction of sp³-hybridized carbons (Fsp3) is 0.391. The number of benzene rings is 2. The number of carbonyl (C=O) groups is 2. The third-order valence-electron chi connectivity index (χ3n) is 5.05. The van der Waals surface area contributed by atoms with Crippen LogP contribution in [0.2, 0.25) is 0 Å². The van der Waals surface area contributed by atoms with Crippen LogP contribution in [0, 0.1) is 20.8 Å². The number of fused-ring (bicyclic) bond motifs is 1. The Morgan fingerprint density at radius 2 is 1.94 bits per heavy atom. The van der Waals surface area contributed by atoms with Crippen LogP contribution < -0.4 is 10.1 Å². The molecule has 1 N–H and O–H groups in total. The fourth-order valence-corrected chi connectivity index (χ4v) is 3.23. The Labute approximate surface area is 181 Å². The summed E-state index contributed by atoms with van der Waals surface area (Å²) in [6.45, 7) is 9.37. The zero-order chi connectivity index (χ0) is 22.4. The van der Waals surface area contributed by atoms with Gasteiger partial charge >= 0.3 is 5.97 Å². The lowest BCUT2D eigenvalue weighted by atomic mass is 10.1. The summed E-state index contributed by atoms with van der Waals surface area (Å²) in [6.07, 6.45) is 0.649. The van der Waals surface area contributed by atoms with Crippen molar-refractivity contribution in [3.8, 4) is 5.75 Å². The first-order valence-corrected chi connectivity index (χ1v) is 10.4. The lowest BCUT2D eigenvalue weighted by Gasteiger charge is -2.12. The number of amides is 1. The Bertz CT molecular complexity index is 1090. The van der Waals surface area contributed by atoms with E-state index >= 15 is 0 Å². The van der Waals surface area contributed by atoms with Crippen LogP contribution in [0.4, 0.5) is 0 Å². The molecular weight excluding hydrogens is 396 g/mol. The normalized spacial score (nSPS) is 10.8. The van der Waals surface area contributed by atoms with Crippen LogP contribution in [-0.4, -0.2) is 46.6 Å². The number of ether oxygens (including phenoxy) is 2. The minimum atomic E-state index is -0.572. The summed E-state index contributed by atoms with van der Waals surface area (Å²) in [5.41, 5.74) is 5.26. The second kappa shape index (κ2) is 10.1. The van der Waals surface area contributed by atoms with E-state index in [4.69, 9.17) is 9.47 Å². The predicted molar refractivity (Wildman–Crippen MR) is 117 cm³/mol. The monoisotopic (exact) mass is 424 g/mol. The van der Waals surface area contributed by atoms with Gasteiger partial charge in [-0.05, 0) is 75.1 Å². The SMILES string of the molecule is CCn1nnc2cc(C(=O)OCC(=O)NCCCOc3cc(C)cc(C)c3C)ccc21. The van der Waals surface area contributed by atoms with Crippen molar-refractivity contribution in [2.45, 2.75) is 40.7 Å². The number of rotatable bonds is 9. The van der Waals surface area contributed by atoms with Gasteiger partial charge in [-0.2, -0.15) is 0 Å². The summed E-state index contributed by atoms with van der Waals surface area (Å²) in [7, 11) is 0. The van der Waals surface area contributed by atoms with E-state index in [1.54, 1.807) is 22.9 Å². The molecule has 0 atom stereocenters. The summed E-state index contributed by atoms with van der Waals surface area (Å²) in [5.74, 6) is -0.0562.